The Morgan fingerprint density at radius 2 is 1.77 bits per heavy atom. The van der Waals surface area contributed by atoms with Gasteiger partial charge in [-0.3, -0.25) is 9.10 Å². The number of aryl methyl sites for hydroxylation is 1. The van der Waals surface area contributed by atoms with Crippen molar-refractivity contribution in [3.8, 4) is 11.5 Å². The largest absolute Gasteiger partial charge is 0.490 e. The number of hydrogen-bond donors (Lipinski definition) is 1. The molecule has 0 aromatic heterocycles. The van der Waals surface area contributed by atoms with Gasteiger partial charge in [-0.15, -0.1) is 0 Å². The Hall–Kier alpha value is -3.07. The molecule has 0 unspecified atom stereocenters. The fourth-order valence-corrected chi connectivity index (χ4v) is 3.63. The molecule has 0 spiro atoms. The smallest absolute Gasteiger partial charge is 0.260 e. The lowest BCUT2D eigenvalue weighted by molar-refractivity contribution is -0.119. The van der Waals surface area contributed by atoms with Gasteiger partial charge in [0, 0.05) is 0 Å². The van der Waals surface area contributed by atoms with Crippen LogP contribution >= 0.6 is 0 Å². The molecule has 0 aliphatic rings. The van der Waals surface area contributed by atoms with E-state index >= 15 is 0 Å². The fourth-order valence-electron chi connectivity index (χ4n) is 2.72. The number of amides is 1. The van der Waals surface area contributed by atoms with Crippen LogP contribution in [0.2, 0.25) is 0 Å². The van der Waals surface area contributed by atoms with Crippen LogP contribution in [0.1, 0.15) is 25.0 Å². The van der Waals surface area contributed by atoms with Gasteiger partial charge in [-0.25, -0.2) is 13.8 Å². The Balaban J connectivity index is 2.09. The van der Waals surface area contributed by atoms with E-state index in [0.29, 0.717) is 36.0 Å². The normalized spacial score (nSPS) is 11.3. The van der Waals surface area contributed by atoms with Crippen LogP contribution in [0.4, 0.5) is 5.69 Å². The maximum Gasteiger partial charge on any atom is 0.260 e. The molecule has 0 bridgehead atoms. The van der Waals surface area contributed by atoms with Crippen molar-refractivity contribution in [2.24, 2.45) is 5.10 Å². The summed E-state index contributed by atoms with van der Waals surface area (Å²) in [6.07, 6.45) is 2.51. The first kappa shape index (κ1) is 23.2. The fraction of sp³-hybridized carbons (Fsp3) is 0.333. The van der Waals surface area contributed by atoms with Gasteiger partial charge in [0.15, 0.2) is 11.5 Å². The highest BCUT2D eigenvalue weighted by atomic mass is 32.2. The van der Waals surface area contributed by atoms with Crippen molar-refractivity contribution in [1.29, 1.82) is 0 Å². The van der Waals surface area contributed by atoms with Crippen molar-refractivity contribution in [3.63, 3.8) is 0 Å². The zero-order chi connectivity index (χ0) is 22.1. The van der Waals surface area contributed by atoms with Gasteiger partial charge in [0.25, 0.3) is 5.91 Å². The monoisotopic (exact) mass is 433 g/mol. The van der Waals surface area contributed by atoms with Crippen molar-refractivity contribution in [2.45, 2.75) is 20.8 Å². The molecule has 0 aliphatic carbocycles. The highest BCUT2D eigenvalue weighted by Gasteiger charge is 2.21. The van der Waals surface area contributed by atoms with E-state index in [1.807, 2.05) is 13.8 Å². The number of benzene rings is 2. The van der Waals surface area contributed by atoms with E-state index in [2.05, 4.69) is 10.5 Å². The van der Waals surface area contributed by atoms with Crippen molar-refractivity contribution in [3.05, 3.63) is 53.6 Å². The van der Waals surface area contributed by atoms with Crippen molar-refractivity contribution < 1.29 is 22.7 Å². The molecule has 2 aromatic carbocycles. The third-order valence-electron chi connectivity index (χ3n) is 4.04. The van der Waals surface area contributed by atoms with Gasteiger partial charge < -0.3 is 9.47 Å². The van der Waals surface area contributed by atoms with E-state index < -0.39 is 15.9 Å². The first-order valence-electron chi connectivity index (χ1n) is 9.51. The minimum atomic E-state index is -3.64. The molecule has 0 fully saturated rings. The summed E-state index contributed by atoms with van der Waals surface area (Å²) in [4.78, 5) is 12.3. The number of hydrogen-bond acceptors (Lipinski definition) is 6. The van der Waals surface area contributed by atoms with Gasteiger partial charge >= 0.3 is 0 Å². The van der Waals surface area contributed by atoms with Gasteiger partial charge in [-0.05, 0) is 56.2 Å². The Morgan fingerprint density at radius 1 is 1.10 bits per heavy atom. The first-order chi connectivity index (χ1) is 14.3. The number of nitrogens with zero attached hydrogens (tertiary/aromatic N) is 2. The molecule has 0 atom stereocenters. The average Bonchev–Trinajstić information content (AvgIpc) is 2.68. The maximum absolute atomic E-state index is 12.3. The summed E-state index contributed by atoms with van der Waals surface area (Å²) in [5, 5.41) is 3.93. The Bertz CT molecular complexity index is 1010. The average molecular weight is 434 g/mol. The number of carbonyl (C=O) groups is 1. The van der Waals surface area contributed by atoms with E-state index in [9.17, 15) is 13.2 Å². The maximum atomic E-state index is 12.3. The second-order valence-electron chi connectivity index (χ2n) is 6.42. The van der Waals surface area contributed by atoms with E-state index in [4.69, 9.17) is 9.47 Å². The van der Waals surface area contributed by atoms with Gasteiger partial charge in [0.2, 0.25) is 10.0 Å². The summed E-state index contributed by atoms with van der Waals surface area (Å²) in [6, 6.07) is 12.3. The highest BCUT2D eigenvalue weighted by molar-refractivity contribution is 7.92. The predicted octanol–water partition coefficient (Wildman–Crippen LogP) is 2.71. The molecule has 30 heavy (non-hydrogen) atoms. The lowest BCUT2D eigenvalue weighted by atomic mass is 10.2. The van der Waals surface area contributed by atoms with Crippen LogP contribution in [0.25, 0.3) is 0 Å². The standard InChI is InChI=1S/C21H27N3O5S/c1-5-28-19-12-11-17(13-20(19)29-6-2)14-22-23-21(25)15-24(30(4,26)27)18-10-8-7-9-16(18)3/h7-14H,5-6,15H2,1-4H3,(H,23,25)/b22-14-. The molecule has 2 aromatic rings. The molecule has 0 saturated carbocycles. The summed E-state index contributed by atoms with van der Waals surface area (Å²) in [5.74, 6) is 0.649. The number of rotatable bonds is 10. The van der Waals surface area contributed by atoms with Crippen LogP contribution < -0.4 is 19.2 Å². The molecule has 0 saturated heterocycles. The zero-order valence-corrected chi connectivity index (χ0v) is 18.4. The Kier molecular flexibility index (Phi) is 8.23. The van der Waals surface area contributed by atoms with E-state index in [0.717, 1.165) is 16.1 Å². The van der Waals surface area contributed by atoms with E-state index in [1.54, 1.807) is 49.4 Å². The Morgan fingerprint density at radius 3 is 2.40 bits per heavy atom. The number of ether oxygens (including phenoxy) is 2. The molecule has 0 heterocycles. The number of sulfonamides is 1. The topological polar surface area (TPSA) is 97.3 Å². The summed E-state index contributed by atoms with van der Waals surface area (Å²) < 4.78 is 36.5. The van der Waals surface area contributed by atoms with Crippen LogP contribution in [0.3, 0.4) is 0 Å². The van der Waals surface area contributed by atoms with E-state index in [1.165, 1.54) is 6.21 Å². The minimum absolute atomic E-state index is 0.380. The van der Waals surface area contributed by atoms with E-state index in [-0.39, 0.29) is 6.54 Å². The second-order valence-corrected chi connectivity index (χ2v) is 8.33. The summed E-state index contributed by atoms with van der Waals surface area (Å²) in [6.45, 7) is 6.16. The van der Waals surface area contributed by atoms with Crippen molar-refractivity contribution in [2.75, 3.05) is 30.3 Å². The third-order valence-corrected chi connectivity index (χ3v) is 5.17. The molecule has 1 amide bonds. The van der Waals surface area contributed by atoms with Crippen LogP contribution in [0.15, 0.2) is 47.6 Å². The molecule has 9 heteroatoms. The number of hydrazone groups is 1. The minimum Gasteiger partial charge on any atom is -0.490 e. The number of para-hydroxylation sites is 1. The van der Waals surface area contributed by atoms with Crippen LogP contribution in [-0.2, 0) is 14.8 Å². The molecule has 0 radical (unpaired) electrons. The molecule has 1 N–H and O–H groups in total. The first-order valence-corrected chi connectivity index (χ1v) is 11.4. The van der Waals surface area contributed by atoms with Crippen molar-refractivity contribution in [1.82, 2.24) is 5.43 Å². The van der Waals surface area contributed by atoms with Crippen LogP contribution in [-0.4, -0.2) is 46.6 Å². The third kappa shape index (κ3) is 6.48. The number of carbonyl (C=O) groups excluding carboxylic acids is 1. The lowest BCUT2D eigenvalue weighted by Crippen LogP contribution is -2.39. The van der Waals surface area contributed by atoms with Gasteiger partial charge in [-0.1, -0.05) is 18.2 Å². The molecule has 162 valence electrons. The SMILES string of the molecule is CCOc1ccc(/C=N\NC(=O)CN(c2ccccc2C)S(C)(=O)=O)cc1OCC. The molecular formula is C21H27N3O5S. The summed E-state index contributed by atoms with van der Waals surface area (Å²) in [5.41, 5.74) is 4.26. The zero-order valence-electron chi connectivity index (χ0n) is 17.6. The van der Waals surface area contributed by atoms with Crippen LogP contribution in [0, 0.1) is 6.92 Å². The Labute approximate surface area is 177 Å². The molecule has 0 aliphatic heterocycles. The van der Waals surface area contributed by atoms with Gasteiger partial charge in [-0.2, -0.15) is 5.10 Å². The molecular weight excluding hydrogens is 406 g/mol. The number of nitrogens with one attached hydrogen (secondary N) is 1. The van der Waals surface area contributed by atoms with Crippen molar-refractivity contribution >= 4 is 27.8 Å². The summed E-state index contributed by atoms with van der Waals surface area (Å²) in [7, 11) is -3.64. The number of anilines is 1. The quantitative estimate of drug-likeness (QED) is 0.459. The highest BCUT2D eigenvalue weighted by Crippen LogP contribution is 2.28. The predicted molar refractivity (Wildman–Crippen MR) is 118 cm³/mol. The summed E-state index contributed by atoms with van der Waals surface area (Å²) >= 11 is 0. The van der Waals surface area contributed by atoms with Gasteiger partial charge in [0.1, 0.15) is 6.54 Å². The molecule has 2 rings (SSSR count). The lowest BCUT2D eigenvalue weighted by Gasteiger charge is -2.23. The van der Waals surface area contributed by atoms with Gasteiger partial charge in [0.05, 0.1) is 31.4 Å². The van der Waals surface area contributed by atoms with Crippen LogP contribution in [0.5, 0.6) is 11.5 Å². The second kappa shape index (κ2) is 10.6. The molecule has 8 nitrogen and oxygen atoms in total.